The second-order valence-corrected chi connectivity index (χ2v) is 10.0. The molecule has 0 amide bonds. The van der Waals surface area contributed by atoms with Crippen molar-refractivity contribution in [2.24, 2.45) is 0 Å². The molecule has 1 N–H and O–H groups in total. The number of anilines is 2. The van der Waals surface area contributed by atoms with Crippen LogP contribution in [-0.2, 0) is 12.0 Å². The molecule has 0 fully saturated rings. The molecule has 9 heteroatoms. The van der Waals surface area contributed by atoms with E-state index >= 15 is 0 Å². The SMILES string of the molecule is CC(C)(C)c1ccc(C(=O)n2ccc3cc(Nc4ncc(F)c(-c5cnn(CCC#N)c5)n4)ccc32)cc1. The molecular weight excluding hydrogens is 481 g/mol. The van der Waals surface area contributed by atoms with Gasteiger partial charge in [0.2, 0.25) is 5.95 Å². The minimum absolute atomic E-state index is 0.0140. The van der Waals surface area contributed by atoms with Crippen molar-refractivity contribution in [3.05, 3.63) is 90.3 Å². The number of nitrogens with zero attached hydrogens (tertiary/aromatic N) is 6. The summed E-state index contributed by atoms with van der Waals surface area (Å²) in [5.74, 6) is -0.458. The molecule has 0 aliphatic rings. The van der Waals surface area contributed by atoms with Crippen LogP contribution >= 0.6 is 0 Å². The van der Waals surface area contributed by atoms with Crippen LogP contribution in [-0.4, -0.2) is 30.2 Å². The first-order chi connectivity index (χ1) is 18.2. The zero-order valence-electron chi connectivity index (χ0n) is 21.3. The Morgan fingerprint density at radius 2 is 1.89 bits per heavy atom. The molecule has 0 radical (unpaired) electrons. The van der Waals surface area contributed by atoms with Gasteiger partial charge in [-0.3, -0.25) is 14.0 Å². The standard InChI is InChI=1S/C29H26FN7O/c1-29(2,3)22-7-5-19(6-8-22)27(38)37-14-11-20-15-23(9-10-25(20)37)34-28-32-17-24(30)26(35-28)21-16-33-36(18-21)13-4-12-31/h5-11,14-18H,4,13H2,1-3H3,(H,32,34,35). The summed E-state index contributed by atoms with van der Waals surface area (Å²) in [4.78, 5) is 21.6. The molecule has 0 aliphatic carbocycles. The van der Waals surface area contributed by atoms with Crippen molar-refractivity contribution in [1.82, 2.24) is 24.3 Å². The lowest BCUT2D eigenvalue weighted by molar-refractivity contribution is 0.0965. The van der Waals surface area contributed by atoms with E-state index in [1.165, 1.54) is 11.8 Å². The van der Waals surface area contributed by atoms with E-state index in [1.807, 2.05) is 48.5 Å². The number of halogens is 1. The van der Waals surface area contributed by atoms with E-state index in [0.717, 1.165) is 17.1 Å². The van der Waals surface area contributed by atoms with Gasteiger partial charge in [-0.05, 0) is 47.4 Å². The number of rotatable bonds is 6. The molecule has 5 aromatic rings. The molecule has 0 bridgehead atoms. The number of aromatic nitrogens is 5. The van der Waals surface area contributed by atoms with Gasteiger partial charge >= 0.3 is 0 Å². The van der Waals surface area contributed by atoms with Gasteiger partial charge in [0.15, 0.2) is 5.82 Å². The largest absolute Gasteiger partial charge is 0.324 e. The number of benzene rings is 2. The van der Waals surface area contributed by atoms with Gasteiger partial charge in [0, 0.05) is 34.6 Å². The highest BCUT2D eigenvalue weighted by Gasteiger charge is 2.17. The first kappa shape index (κ1) is 24.8. The van der Waals surface area contributed by atoms with E-state index < -0.39 is 5.82 Å². The molecule has 0 spiro atoms. The Morgan fingerprint density at radius 3 is 2.63 bits per heavy atom. The van der Waals surface area contributed by atoms with Crippen LogP contribution in [0.1, 0.15) is 43.1 Å². The molecule has 3 aromatic heterocycles. The third kappa shape index (κ3) is 5.02. The van der Waals surface area contributed by atoms with E-state index in [0.29, 0.717) is 29.8 Å². The smallest absolute Gasteiger partial charge is 0.262 e. The molecule has 3 heterocycles. The lowest BCUT2D eigenvalue weighted by Crippen LogP contribution is -2.13. The van der Waals surface area contributed by atoms with Crippen LogP contribution in [0, 0.1) is 17.1 Å². The fourth-order valence-corrected chi connectivity index (χ4v) is 4.18. The van der Waals surface area contributed by atoms with Gasteiger partial charge in [-0.25, -0.2) is 14.4 Å². The molecule has 0 unspecified atom stereocenters. The van der Waals surface area contributed by atoms with Crippen molar-refractivity contribution in [3.8, 4) is 17.3 Å². The second kappa shape index (κ2) is 9.90. The van der Waals surface area contributed by atoms with Crippen molar-refractivity contribution in [3.63, 3.8) is 0 Å². The lowest BCUT2D eigenvalue weighted by Gasteiger charge is -2.19. The Kier molecular flexibility index (Phi) is 6.47. The lowest BCUT2D eigenvalue weighted by atomic mass is 9.87. The Balaban J connectivity index is 1.36. The molecule has 0 saturated carbocycles. The summed E-state index contributed by atoms with van der Waals surface area (Å²) in [6.07, 6.45) is 6.32. The molecule has 2 aromatic carbocycles. The maximum atomic E-state index is 14.5. The van der Waals surface area contributed by atoms with Gasteiger partial charge in [0.25, 0.3) is 5.91 Å². The number of nitriles is 1. The summed E-state index contributed by atoms with van der Waals surface area (Å²) in [5.41, 5.74) is 3.86. The third-order valence-corrected chi connectivity index (χ3v) is 6.27. The molecule has 0 saturated heterocycles. The van der Waals surface area contributed by atoms with Gasteiger partial charge in [-0.15, -0.1) is 0 Å². The first-order valence-electron chi connectivity index (χ1n) is 12.2. The van der Waals surface area contributed by atoms with Gasteiger partial charge in [-0.2, -0.15) is 10.4 Å². The van der Waals surface area contributed by atoms with Crippen LogP contribution in [0.3, 0.4) is 0 Å². The Hall–Kier alpha value is -4.84. The molecule has 190 valence electrons. The number of carbonyl (C=O) groups is 1. The fraction of sp³-hybridized carbons (Fsp3) is 0.207. The predicted octanol–water partition coefficient (Wildman–Crippen LogP) is 6.08. The Bertz CT molecular complexity index is 1670. The number of nitrogens with one attached hydrogen (secondary N) is 1. The number of aryl methyl sites for hydroxylation is 1. The van der Waals surface area contributed by atoms with Crippen LogP contribution in [0.5, 0.6) is 0 Å². The fourth-order valence-electron chi connectivity index (χ4n) is 4.18. The number of hydrogen-bond acceptors (Lipinski definition) is 6. The highest BCUT2D eigenvalue weighted by Crippen LogP contribution is 2.26. The van der Waals surface area contributed by atoms with E-state index in [-0.39, 0.29) is 23.0 Å². The summed E-state index contributed by atoms with van der Waals surface area (Å²) in [7, 11) is 0. The zero-order valence-corrected chi connectivity index (χ0v) is 21.3. The Labute approximate surface area is 219 Å². The van der Waals surface area contributed by atoms with Crippen LogP contribution in [0.2, 0.25) is 0 Å². The highest BCUT2D eigenvalue weighted by molar-refractivity contribution is 6.02. The molecule has 38 heavy (non-hydrogen) atoms. The quantitative estimate of drug-likeness (QED) is 0.299. The van der Waals surface area contributed by atoms with Crippen LogP contribution in [0.15, 0.2) is 73.3 Å². The van der Waals surface area contributed by atoms with Gasteiger partial charge in [-0.1, -0.05) is 32.9 Å². The average molecular weight is 508 g/mol. The van der Waals surface area contributed by atoms with E-state index in [2.05, 4.69) is 47.2 Å². The minimum Gasteiger partial charge on any atom is -0.324 e. The van der Waals surface area contributed by atoms with Crippen LogP contribution in [0.4, 0.5) is 16.0 Å². The Morgan fingerprint density at radius 1 is 1.11 bits per heavy atom. The van der Waals surface area contributed by atoms with Gasteiger partial charge in [0.05, 0.1) is 36.9 Å². The summed E-state index contributed by atoms with van der Waals surface area (Å²) in [6, 6.07) is 17.2. The van der Waals surface area contributed by atoms with Crippen molar-refractivity contribution >= 4 is 28.4 Å². The number of fused-ring (bicyclic) bond motifs is 1. The van der Waals surface area contributed by atoms with E-state index in [4.69, 9.17) is 5.26 Å². The minimum atomic E-state index is -0.572. The van der Waals surface area contributed by atoms with E-state index in [1.54, 1.807) is 21.6 Å². The molecular formula is C29H26FN7O. The monoisotopic (exact) mass is 507 g/mol. The molecule has 5 rings (SSSR count). The molecule has 0 atom stereocenters. The highest BCUT2D eigenvalue weighted by atomic mass is 19.1. The second-order valence-electron chi connectivity index (χ2n) is 10.0. The van der Waals surface area contributed by atoms with Crippen molar-refractivity contribution < 1.29 is 9.18 Å². The summed E-state index contributed by atoms with van der Waals surface area (Å²) >= 11 is 0. The maximum Gasteiger partial charge on any atom is 0.262 e. The first-order valence-corrected chi connectivity index (χ1v) is 12.2. The molecule has 8 nitrogen and oxygen atoms in total. The normalized spacial score (nSPS) is 11.4. The van der Waals surface area contributed by atoms with Crippen molar-refractivity contribution in [2.75, 3.05) is 5.32 Å². The maximum absolute atomic E-state index is 14.5. The van der Waals surface area contributed by atoms with Crippen LogP contribution in [0.25, 0.3) is 22.2 Å². The number of hydrogen-bond donors (Lipinski definition) is 1. The zero-order chi connectivity index (χ0) is 26.9. The summed E-state index contributed by atoms with van der Waals surface area (Å²) in [5, 5.41) is 16.9. The molecule has 0 aliphatic heterocycles. The topological polar surface area (TPSA) is 101 Å². The van der Waals surface area contributed by atoms with E-state index in [9.17, 15) is 9.18 Å². The number of carbonyl (C=O) groups excluding carboxylic acids is 1. The van der Waals surface area contributed by atoms with Crippen LogP contribution < -0.4 is 5.32 Å². The summed E-state index contributed by atoms with van der Waals surface area (Å²) < 4.78 is 17.7. The average Bonchev–Trinajstić information content (AvgIpc) is 3.55. The van der Waals surface area contributed by atoms with Crippen molar-refractivity contribution in [1.29, 1.82) is 5.26 Å². The third-order valence-electron chi connectivity index (χ3n) is 6.27. The van der Waals surface area contributed by atoms with Gasteiger partial charge < -0.3 is 5.32 Å². The predicted molar refractivity (Wildman–Crippen MR) is 144 cm³/mol. The summed E-state index contributed by atoms with van der Waals surface area (Å²) in [6.45, 7) is 6.83. The van der Waals surface area contributed by atoms with Gasteiger partial charge in [0.1, 0.15) is 5.69 Å². The van der Waals surface area contributed by atoms with Crippen molar-refractivity contribution in [2.45, 2.75) is 39.2 Å².